The van der Waals surface area contributed by atoms with Crippen LogP contribution in [-0.4, -0.2) is 33.2 Å². The van der Waals surface area contributed by atoms with E-state index in [1.807, 2.05) is 20.8 Å². The van der Waals surface area contributed by atoms with Gasteiger partial charge in [0.15, 0.2) is 0 Å². The summed E-state index contributed by atoms with van der Waals surface area (Å²) in [5.41, 5.74) is -0.314. The zero-order chi connectivity index (χ0) is 16.3. The van der Waals surface area contributed by atoms with Crippen molar-refractivity contribution in [2.24, 2.45) is 5.14 Å². The highest BCUT2D eigenvalue weighted by Gasteiger charge is 2.16. The average Bonchev–Trinajstić information content (AvgIpc) is 2.31. The number of carbonyl (C=O) groups is 1. The predicted molar refractivity (Wildman–Crippen MR) is 78.8 cm³/mol. The van der Waals surface area contributed by atoms with Crippen LogP contribution in [-0.2, 0) is 19.5 Å². The Labute approximate surface area is 129 Å². The van der Waals surface area contributed by atoms with Gasteiger partial charge in [-0.15, -0.1) is 0 Å². The molecule has 0 heterocycles. The van der Waals surface area contributed by atoms with Gasteiger partial charge in [0.2, 0.25) is 10.0 Å². The summed E-state index contributed by atoms with van der Waals surface area (Å²) in [5, 5.41) is 5.09. The van der Waals surface area contributed by atoms with Crippen LogP contribution in [0.15, 0.2) is 23.1 Å². The van der Waals surface area contributed by atoms with Crippen LogP contribution < -0.4 is 5.14 Å². The summed E-state index contributed by atoms with van der Waals surface area (Å²) in [7, 11) is -3.94. The van der Waals surface area contributed by atoms with Crippen molar-refractivity contribution in [1.29, 1.82) is 0 Å². The van der Waals surface area contributed by atoms with Gasteiger partial charge in [-0.1, -0.05) is 11.6 Å². The van der Waals surface area contributed by atoms with Crippen molar-refractivity contribution in [2.45, 2.75) is 31.3 Å². The first-order valence-electron chi connectivity index (χ1n) is 6.13. The van der Waals surface area contributed by atoms with Gasteiger partial charge in [-0.05, 0) is 39.0 Å². The van der Waals surface area contributed by atoms with Gasteiger partial charge in [0.25, 0.3) is 0 Å². The second-order valence-electron chi connectivity index (χ2n) is 5.32. The van der Waals surface area contributed by atoms with Crippen molar-refractivity contribution in [1.82, 2.24) is 0 Å². The molecule has 0 unspecified atom stereocenters. The lowest BCUT2D eigenvalue weighted by molar-refractivity contribution is -0.0281. The number of sulfonamides is 1. The third kappa shape index (κ3) is 6.43. The average molecular weight is 336 g/mol. The lowest BCUT2D eigenvalue weighted by atomic mass is 10.2. The second kappa shape index (κ2) is 6.74. The first-order valence-corrected chi connectivity index (χ1v) is 8.06. The molecule has 0 aliphatic carbocycles. The Bertz CT molecular complexity index is 622. The van der Waals surface area contributed by atoms with Crippen molar-refractivity contribution in [3.8, 4) is 0 Å². The van der Waals surface area contributed by atoms with Gasteiger partial charge >= 0.3 is 5.97 Å². The highest BCUT2D eigenvalue weighted by molar-refractivity contribution is 7.89. The number of halogens is 1. The number of rotatable bonds is 5. The van der Waals surface area contributed by atoms with E-state index in [2.05, 4.69) is 0 Å². The number of hydrogen-bond donors (Lipinski definition) is 1. The van der Waals surface area contributed by atoms with Crippen molar-refractivity contribution in [3.05, 3.63) is 28.8 Å². The second-order valence-corrected chi connectivity index (χ2v) is 7.32. The molecule has 0 atom stereocenters. The minimum atomic E-state index is -3.94. The number of primary sulfonamides is 1. The van der Waals surface area contributed by atoms with Crippen LogP contribution in [0.2, 0.25) is 5.02 Å². The molecule has 0 fully saturated rings. The Morgan fingerprint density at radius 1 is 1.24 bits per heavy atom. The Morgan fingerprint density at radius 3 is 2.38 bits per heavy atom. The minimum Gasteiger partial charge on any atom is -0.460 e. The summed E-state index contributed by atoms with van der Waals surface area (Å²) in [6.07, 6.45) is 0. The first kappa shape index (κ1) is 17.9. The van der Waals surface area contributed by atoms with E-state index in [1.165, 1.54) is 6.07 Å². The van der Waals surface area contributed by atoms with Gasteiger partial charge in [-0.3, -0.25) is 0 Å². The van der Waals surface area contributed by atoms with E-state index in [9.17, 15) is 13.2 Å². The molecule has 0 aromatic heterocycles. The summed E-state index contributed by atoms with van der Waals surface area (Å²) in [5.74, 6) is -0.695. The van der Waals surface area contributed by atoms with Crippen LogP contribution >= 0.6 is 11.6 Å². The van der Waals surface area contributed by atoms with Crippen LogP contribution in [0.25, 0.3) is 0 Å². The topological polar surface area (TPSA) is 95.7 Å². The van der Waals surface area contributed by atoms with Crippen molar-refractivity contribution in [3.63, 3.8) is 0 Å². The molecule has 0 radical (unpaired) electrons. The number of hydrogen-bond acceptors (Lipinski definition) is 5. The summed E-state index contributed by atoms with van der Waals surface area (Å²) >= 11 is 5.77. The van der Waals surface area contributed by atoms with E-state index >= 15 is 0 Å². The lowest BCUT2D eigenvalue weighted by Gasteiger charge is -2.19. The molecule has 0 amide bonds. The molecule has 1 rings (SSSR count). The molecule has 118 valence electrons. The number of carbonyl (C=O) groups excluding carboxylic acids is 1. The van der Waals surface area contributed by atoms with Gasteiger partial charge in [-0.25, -0.2) is 18.4 Å². The zero-order valence-corrected chi connectivity index (χ0v) is 13.6. The molecule has 0 aliphatic heterocycles. The van der Waals surface area contributed by atoms with Crippen molar-refractivity contribution < 1.29 is 22.7 Å². The Hall–Kier alpha value is -1.15. The summed E-state index contributed by atoms with van der Waals surface area (Å²) in [6.45, 7) is 5.92. The smallest absolute Gasteiger partial charge is 0.338 e. The van der Waals surface area contributed by atoms with E-state index in [0.29, 0.717) is 0 Å². The number of nitrogens with two attached hydrogens (primary N) is 1. The normalized spacial score (nSPS) is 12.2. The molecular weight excluding hydrogens is 318 g/mol. The van der Waals surface area contributed by atoms with Crippen LogP contribution in [0.5, 0.6) is 0 Å². The fraction of sp³-hybridized carbons (Fsp3) is 0.462. The maximum Gasteiger partial charge on any atom is 0.338 e. The molecule has 1 aromatic rings. The molecule has 6 nitrogen and oxygen atoms in total. The molecule has 0 saturated heterocycles. The fourth-order valence-corrected chi connectivity index (χ4v) is 2.29. The quantitative estimate of drug-likeness (QED) is 0.655. The van der Waals surface area contributed by atoms with E-state index in [-0.39, 0.29) is 34.3 Å². The molecule has 21 heavy (non-hydrogen) atoms. The SMILES string of the molecule is CC(C)(C)OCCOC(=O)c1cc(Cl)cc(S(N)(=O)=O)c1. The maximum atomic E-state index is 11.8. The van der Waals surface area contributed by atoms with Crippen LogP contribution in [0, 0.1) is 0 Å². The summed E-state index contributed by atoms with van der Waals surface area (Å²) in [6, 6.07) is 3.59. The Morgan fingerprint density at radius 2 is 1.86 bits per heavy atom. The maximum absolute atomic E-state index is 11.8. The summed E-state index contributed by atoms with van der Waals surface area (Å²) in [4.78, 5) is 11.6. The lowest BCUT2D eigenvalue weighted by Crippen LogP contribution is -2.22. The van der Waals surface area contributed by atoms with Gasteiger partial charge in [0, 0.05) is 5.02 Å². The molecule has 1 aromatic carbocycles. The molecule has 0 aliphatic rings. The zero-order valence-electron chi connectivity index (χ0n) is 12.1. The molecule has 0 bridgehead atoms. The van der Waals surface area contributed by atoms with Gasteiger partial charge in [0.05, 0.1) is 22.7 Å². The number of benzene rings is 1. The minimum absolute atomic E-state index is 0.0160. The Kier molecular flexibility index (Phi) is 5.75. The van der Waals surface area contributed by atoms with E-state index in [0.717, 1.165) is 12.1 Å². The van der Waals surface area contributed by atoms with Gasteiger partial charge in [0.1, 0.15) is 6.61 Å². The van der Waals surface area contributed by atoms with Crippen LogP contribution in [0.3, 0.4) is 0 Å². The van der Waals surface area contributed by atoms with E-state index in [4.69, 9.17) is 26.2 Å². The van der Waals surface area contributed by atoms with Crippen LogP contribution in [0.4, 0.5) is 0 Å². The predicted octanol–water partition coefficient (Wildman–Crippen LogP) is 1.96. The molecular formula is C13H18ClNO5S. The standard InChI is InChI=1S/C13H18ClNO5S/c1-13(2,3)20-5-4-19-12(16)9-6-10(14)8-11(7-9)21(15,17)18/h6-8H,4-5H2,1-3H3,(H2,15,17,18). The largest absolute Gasteiger partial charge is 0.460 e. The van der Waals surface area contributed by atoms with Gasteiger partial charge in [-0.2, -0.15) is 0 Å². The monoisotopic (exact) mass is 335 g/mol. The highest BCUT2D eigenvalue weighted by Crippen LogP contribution is 2.19. The van der Waals surface area contributed by atoms with E-state index < -0.39 is 16.0 Å². The molecule has 8 heteroatoms. The van der Waals surface area contributed by atoms with Crippen LogP contribution in [0.1, 0.15) is 31.1 Å². The summed E-state index contributed by atoms with van der Waals surface area (Å²) < 4.78 is 32.9. The third-order valence-corrected chi connectivity index (χ3v) is 3.40. The van der Waals surface area contributed by atoms with Gasteiger partial charge < -0.3 is 9.47 Å². The third-order valence-electron chi connectivity index (χ3n) is 2.29. The molecule has 2 N–H and O–H groups in total. The molecule has 0 saturated carbocycles. The number of esters is 1. The number of ether oxygens (including phenoxy) is 2. The van der Waals surface area contributed by atoms with Crippen molar-refractivity contribution >= 4 is 27.6 Å². The Balaban J connectivity index is 2.73. The molecule has 0 spiro atoms. The fourth-order valence-electron chi connectivity index (χ4n) is 1.41. The van der Waals surface area contributed by atoms with Crippen molar-refractivity contribution in [2.75, 3.05) is 13.2 Å². The highest BCUT2D eigenvalue weighted by atomic mass is 35.5. The first-order chi connectivity index (χ1) is 9.49. The van der Waals surface area contributed by atoms with E-state index in [1.54, 1.807) is 0 Å².